The van der Waals surface area contributed by atoms with Crippen LogP contribution in [0.15, 0.2) is 41.5 Å². The number of hydrogen-bond acceptors (Lipinski definition) is 8. The van der Waals surface area contributed by atoms with E-state index < -0.39 is 32.9 Å². The average molecular weight is 416 g/mol. The summed E-state index contributed by atoms with van der Waals surface area (Å²) in [6.45, 7) is 3.85. The summed E-state index contributed by atoms with van der Waals surface area (Å²) in [6.07, 6.45) is 1.87. The standard InChI is InChI=1S/C19H20N4O7/c1-3-12(2)13-4-6-16(7-5-13)30-11-18(24)21-20-10-14-8-15(22(26)27)9-17(19(14)25)23(28)29/h4-10,12,25H,3,11H2,1-2H3,(H,21,24). The number of nitrogens with one attached hydrogen (secondary N) is 1. The van der Waals surface area contributed by atoms with Gasteiger partial charge in [-0.15, -0.1) is 0 Å². The third-order valence-electron chi connectivity index (χ3n) is 4.34. The van der Waals surface area contributed by atoms with Crippen molar-refractivity contribution in [2.45, 2.75) is 26.2 Å². The van der Waals surface area contributed by atoms with Crippen molar-refractivity contribution in [1.29, 1.82) is 0 Å². The molecule has 11 nitrogen and oxygen atoms in total. The second kappa shape index (κ2) is 9.96. The molecule has 1 unspecified atom stereocenters. The third-order valence-corrected chi connectivity index (χ3v) is 4.34. The summed E-state index contributed by atoms with van der Waals surface area (Å²) in [7, 11) is 0. The summed E-state index contributed by atoms with van der Waals surface area (Å²) < 4.78 is 5.35. The highest BCUT2D eigenvalue weighted by molar-refractivity contribution is 5.88. The first-order chi connectivity index (χ1) is 14.2. The van der Waals surface area contributed by atoms with Crippen molar-refractivity contribution in [3.8, 4) is 11.5 Å². The van der Waals surface area contributed by atoms with E-state index in [0.717, 1.165) is 24.3 Å². The highest BCUT2D eigenvalue weighted by Gasteiger charge is 2.23. The van der Waals surface area contributed by atoms with Gasteiger partial charge in [0.1, 0.15) is 5.75 Å². The SMILES string of the molecule is CCC(C)c1ccc(OCC(=O)NN=Cc2cc([N+](=O)[O-])cc([N+](=O)[O-])c2O)cc1. The predicted octanol–water partition coefficient (Wildman–Crippen LogP) is 3.25. The molecule has 0 saturated carbocycles. The molecule has 0 bridgehead atoms. The molecular formula is C19H20N4O7. The number of non-ortho nitro benzene ring substituents is 1. The minimum absolute atomic E-state index is 0.294. The minimum atomic E-state index is -0.960. The van der Waals surface area contributed by atoms with E-state index in [-0.39, 0.29) is 12.2 Å². The number of ether oxygens (including phenoxy) is 1. The number of carbonyl (C=O) groups is 1. The lowest BCUT2D eigenvalue weighted by Crippen LogP contribution is -2.24. The number of phenolic OH excluding ortho intramolecular Hbond substituents is 1. The number of aromatic hydroxyl groups is 1. The molecule has 0 aliphatic rings. The van der Waals surface area contributed by atoms with E-state index in [0.29, 0.717) is 17.7 Å². The second-order valence-corrected chi connectivity index (χ2v) is 6.38. The van der Waals surface area contributed by atoms with Gasteiger partial charge in [0, 0.05) is 6.07 Å². The quantitative estimate of drug-likeness (QED) is 0.361. The molecule has 30 heavy (non-hydrogen) atoms. The fourth-order valence-electron chi connectivity index (χ4n) is 2.45. The Morgan fingerprint density at radius 2 is 1.90 bits per heavy atom. The highest BCUT2D eigenvalue weighted by Crippen LogP contribution is 2.33. The van der Waals surface area contributed by atoms with Crippen LogP contribution in [-0.4, -0.2) is 33.7 Å². The van der Waals surface area contributed by atoms with Crippen LogP contribution in [0.2, 0.25) is 0 Å². The van der Waals surface area contributed by atoms with Crippen LogP contribution in [0.5, 0.6) is 11.5 Å². The molecule has 2 aromatic carbocycles. The van der Waals surface area contributed by atoms with E-state index in [1.165, 1.54) is 0 Å². The van der Waals surface area contributed by atoms with Gasteiger partial charge in [0.25, 0.3) is 11.6 Å². The second-order valence-electron chi connectivity index (χ2n) is 6.38. The van der Waals surface area contributed by atoms with Crippen LogP contribution in [-0.2, 0) is 4.79 Å². The van der Waals surface area contributed by atoms with Gasteiger partial charge in [0.05, 0.1) is 27.7 Å². The number of nitro benzene ring substituents is 2. The van der Waals surface area contributed by atoms with E-state index in [1.807, 2.05) is 12.1 Å². The molecule has 158 valence electrons. The molecule has 0 radical (unpaired) electrons. The normalized spacial score (nSPS) is 11.8. The molecule has 1 atom stereocenters. The topological polar surface area (TPSA) is 157 Å². The molecule has 0 fully saturated rings. The number of benzene rings is 2. The van der Waals surface area contributed by atoms with Crippen LogP contribution >= 0.6 is 0 Å². The summed E-state index contributed by atoms with van der Waals surface area (Å²) in [4.78, 5) is 31.8. The van der Waals surface area contributed by atoms with Gasteiger partial charge < -0.3 is 9.84 Å². The maximum absolute atomic E-state index is 11.8. The lowest BCUT2D eigenvalue weighted by molar-refractivity contribution is -0.394. The number of amides is 1. The van der Waals surface area contributed by atoms with E-state index in [9.17, 15) is 30.1 Å². The molecule has 0 aliphatic carbocycles. The molecule has 1 amide bonds. The molecule has 0 aliphatic heterocycles. The maximum Gasteiger partial charge on any atom is 0.318 e. The van der Waals surface area contributed by atoms with Crippen LogP contribution in [0.3, 0.4) is 0 Å². The molecule has 2 rings (SSSR count). The van der Waals surface area contributed by atoms with Gasteiger partial charge in [-0.2, -0.15) is 5.10 Å². The number of phenols is 1. The summed E-state index contributed by atoms with van der Waals surface area (Å²) in [5.41, 5.74) is 1.54. The van der Waals surface area contributed by atoms with Gasteiger partial charge in [0.15, 0.2) is 6.61 Å². The summed E-state index contributed by atoms with van der Waals surface area (Å²) in [5.74, 6) is -0.524. The number of rotatable bonds is 9. The van der Waals surface area contributed by atoms with Crippen molar-refractivity contribution in [1.82, 2.24) is 5.43 Å². The van der Waals surface area contributed by atoms with E-state index in [4.69, 9.17) is 4.74 Å². The molecule has 0 saturated heterocycles. The third kappa shape index (κ3) is 5.74. The summed E-state index contributed by atoms with van der Waals surface area (Å²) >= 11 is 0. The zero-order valence-electron chi connectivity index (χ0n) is 16.3. The fourth-order valence-corrected chi connectivity index (χ4v) is 2.45. The number of hydrogen-bond donors (Lipinski definition) is 2. The number of nitrogens with zero attached hydrogens (tertiary/aromatic N) is 3. The lowest BCUT2D eigenvalue weighted by atomic mass is 9.99. The monoisotopic (exact) mass is 416 g/mol. The Balaban J connectivity index is 1.99. The first kappa shape index (κ1) is 22.3. The number of hydrazone groups is 1. The van der Waals surface area contributed by atoms with Gasteiger partial charge in [-0.3, -0.25) is 25.0 Å². The fraction of sp³-hybridized carbons (Fsp3) is 0.263. The smallest absolute Gasteiger partial charge is 0.318 e. The Kier molecular flexibility index (Phi) is 7.39. The van der Waals surface area contributed by atoms with Gasteiger partial charge in [-0.1, -0.05) is 26.0 Å². The van der Waals surface area contributed by atoms with Gasteiger partial charge in [0.2, 0.25) is 5.75 Å². The number of carbonyl (C=O) groups excluding carboxylic acids is 1. The molecule has 2 N–H and O–H groups in total. The van der Waals surface area contributed by atoms with E-state index in [1.54, 1.807) is 12.1 Å². The zero-order chi connectivity index (χ0) is 22.3. The molecule has 0 heterocycles. The number of nitro groups is 2. The molecule has 2 aromatic rings. The Morgan fingerprint density at radius 3 is 2.47 bits per heavy atom. The first-order valence-electron chi connectivity index (χ1n) is 8.93. The van der Waals surface area contributed by atoms with Gasteiger partial charge in [-0.05, 0) is 30.0 Å². The first-order valence-corrected chi connectivity index (χ1v) is 8.93. The molecular weight excluding hydrogens is 396 g/mol. The van der Waals surface area contributed by atoms with Crippen molar-refractivity contribution in [3.05, 3.63) is 67.8 Å². The average Bonchev–Trinajstić information content (AvgIpc) is 2.72. The largest absolute Gasteiger partial charge is 0.502 e. The van der Waals surface area contributed by atoms with Crippen molar-refractivity contribution >= 4 is 23.5 Å². The van der Waals surface area contributed by atoms with Crippen LogP contribution < -0.4 is 10.2 Å². The van der Waals surface area contributed by atoms with Crippen LogP contribution in [0, 0.1) is 20.2 Å². The Morgan fingerprint density at radius 1 is 1.23 bits per heavy atom. The Bertz CT molecular complexity index is 974. The minimum Gasteiger partial charge on any atom is -0.502 e. The summed E-state index contributed by atoms with van der Waals surface area (Å²) in [5, 5.41) is 35.2. The van der Waals surface area contributed by atoms with Crippen molar-refractivity contribution in [2.24, 2.45) is 5.10 Å². The summed E-state index contributed by atoms with van der Waals surface area (Å²) in [6, 6.07) is 8.85. The van der Waals surface area contributed by atoms with Crippen molar-refractivity contribution < 1.29 is 24.5 Å². The lowest BCUT2D eigenvalue weighted by Gasteiger charge is -2.10. The molecule has 0 aromatic heterocycles. The van der Waals surface area contributed by atoms with Gasteiger partial charge >= 0.3 is 5.69 Å². The van der Waals surface area contributed by atoms with E-state index in [2.05, 4.69) is 24.4 Å². The van der Waals surface area contributed by atoms with Crippen LogP contribution in [0.4, 0.5) is 11.4 Å². The zero-order valence-corrected chi connectivity index (χ0v) is 16.3. The highest BCUT2D eigenvalue weighted by atomic mass is 16.6. The van der Waals surface area contributed by atoms with E-state index >= 15 is 0 Å². The van der Waals surface area contributed by atoms with Crippen LogP contribution in [0.1, 0.15) is 37.3 Å². The molecule has 0 spiro atoms. The molecule has 11 heteroatoms. The van der Waals surface area contributed by atoms with Crippen molar-refractivity contribution in [2.75, 3.05) is 6.61 Å². The Hall–Kier alpha value is -4.02. The predicted molar refractivity (Wildman–Crippen MR) is 108 cm³/mol. The van der Waals surface area contributed by atoms with Gasteiger partial charge in [-0.25, -0.2) is 5.43 Å². The Labute approximate surface area is 171 Å². The van der Waals surface area contributed by atoms with Crippen molar-refractivity contribution in [3.63, 3.8) is 0 Å². The maximum atomic E-state index is 11.8. The van der Waals surface area contributed by atoms with Crippen LogP contribution in [0.25, 0.3) is 0 Å².